The van der Waals surface area contributed by atoms with Gasteiger partial charge in [0.1, 0.15) is 0 Å². The molecule has 0 aliphatic heterocycles. The van der Waals surface area contributed by atoms with Crippen molar-refractivity contribution in [3.63, 3.8) is 0 Å². The van der Waals surface area contributed by atoms with Gasteiger partial charge in [-0.15, -0.1) is 12.4 Å². The molecule has 1 heterocycles. The van der Waals surface area contributed by atoms with E-state index in [9.17, 15) is 4.39 Å². The van der Waals surface area contributed by atoms with Crippen LogP contribution in [0.15, 0.2) is 6.20 Å². The van der Waals surface area contributed by atoms with E-state index in [1.54, 1.807) is 6.20 Å². The van der Waals surface area contributed by atoms with Crippen molar-refractivity contribution in [2.75, 3.05) is 13.2 Å². The van der Waals surface area contributed by atoms with Crippen LogP contribution in [0.3, 0.4) is 0 Å². The molecule has 0 aliphatic rings. The molecule has 0 fully saturated rings. The van der Waals surface area contributed by atoms with E-state index in [-0.39, 0.29) is 25.0 Å². The predicted octanol–water partition coefficient (Wildman–Crippen LogP) is 1.33. The molecule has 0 aromatic carbocycles. The lowest BCUT2D eigenvalue weighted by atomic mass is 10.3. The second kappa shape index (κ2) is 8.50. The monoisotopic (exact) mass is 251 g/mol. The van der Waals surface area contributed by atoms with Crippen LogP contribution in [0.2, 0.25) is 0 Å². The standard InChI is InChI=1S/C10H18FN3O.ClH/c1-2-14-10(11)9(8-13-14)7-12-5-3-4-6-15;/h8,12,15H,2-7H2,1H3;1H. The molecule has 0 saturated heterocycles. The molecule has 2 N–H and O–H groups in total. The molecule has 0 radical (unpaired) electrons. The molecule has 1 rings (SSSR count). The van der Waals surface area contributed by atoms with E-state index in [2.05, 4.69) is 10.4 Å². The number of unbranched alkanes of at least 4 members (excludes halogenated alkanes) is 1. The Balaban J connectivity index is 0.00000225. The van der Waals surface area contributed by atoms with Gasteiger partial charge in [0.2, 0.25) is 5.95 Å². The van der Waals surface area contributed by atoms with Crippen LogP contribution >= 0.6 is 12.4 Å². The van der Waals surface area contributed by atoms with E-state index < -0.39 is 0 Å². The van der Waals surface area contributed by atoms with Gasteiger partial charge in [-0.05, 0) is 26.3 Å². The van der Waals surface area contributed by atoms with Crippen LogP contribution in [0, 0.1) is 5.95 Å². The van der Waals surface area contributed by atoms with E-state index in [1.165, 1.54) is 4.68 Å². The van der Waals surface area contributed by atoms with Gasteiger partial charge in [0.15, 0.2) is 0 Å². The van der Waals surface area contributed by atoms with Crippen molar-refractivity contribution in [1.29, 1.82) is 0 Å². The van der Waals surface area contributed by atoms with Crippen molar-refractivity contribution in [1.82, 2.24) is 15.1 Å². The first-order chi connectivity index (χ1) is 7.29. The highest BCUT2D eigenvalue weighted by atomic mass is 35.5. The van der Waals surface area contributed by atoms with Crippen molar-refractivity contribution in [3.05, 3.63) is 17.7 Å². The van der Waals surface area contributed by atoms with Gasteiger partial charge in [-0.3, -0.25) is 0 Å². The van der Waals surface area contributed by atoms with E-state index in [0.717, 1.165) is 19.4 Å². The molecule has 1 aromatic rings. The van der Waals surface area contributed by atoms with Crippen molar-refractivity contribution in [2.45, 2.75) is 32.9 Å². The molecule has 6 heteroatoms. The summed E-state index contributed by atoms with van der Waals surface area (Å²) in [5.74, 6) is -0.257. The lowest BCUT2D eigenvalue weighted by Gasteiger charge is -2.02. The van der Waals surface area contributed by atoms with Gasteiger partial charge in [0, 0.05) is 25.3 Å². The Bertz CT molecular complexity index is 294. The Morgan fingerprint density at radius 2 is 2.25 bits per heavy atom. The van der Waals surface area contributed by atoms with Gasteiger partial charge < -0.3 is 10.4 Å². The number of nitrogens with one attached hydrogen (secondary N) is 1. The molecule has 0 saturated carbocycles. The Kier molecular flexibility index (Phi) is 8.15. The van der Waals surface area contributed by atoms with E-state index in [0.29, 0.717) is 18.7 Å². The summed E-state index contributed by atoms with van der Waals surface area (Å²) in [6.07, 6.45) is 3.24. The summed E-state index contributed by atoms with van der Waals surface area (Å²) >= 11 is 0. The topological polar surface area (TPSA) is 50.1 Å². The third-order valence-corrected chi connectivity index (χ3v) is 2.22. The first kappa shape index (κ1) is 15.3. The zero-order chi connectivity index (χ0) is 11.1. The third kappa shape index (κ3) is 4.47. The van der Waals surface area contributed by atoms with Crippen LogP contribution in [-0.2, 0) is 13.1 Å². The molecular weight excluding hydrogens is 233 g/mol. The summed E-state index contributed by atoms with van der Waals surface area (Å²) in [6, 6.07) is 0. The number of hydrogen-bond donors (Lipinski definition) is 2. The average Bonchev–Trinajstić information content (AvgIpc) is 2.60. The van der Waals surface area contributed by atoms with Crippen LogP contribution in [0.25, 0.3) is 0 Å². The van der Waals surface area contributed by atoms with Gasteiger partial charge in [0.05, 0.1) is 6.20 Å². The number of aliphatic hydroxyl groups is 1. The van der Waals surface area contributed by atoms with Gasteiger partial charge in [-0.2, -0.15) is 9.49 Å². The molecule has 0 aliphatic carbocycles. The van der Waals surface area contributed by atoms with Crippen molar-refractivity contribution in [3.8, 4) is 0 Å². The Hall–Kier alpha value is -0.650. The van der Waals surface area contributed by atoms with Crippen LogP contribution < -0.4 is 5.32 Å². The summed E-state index contributed by atoms with van der Waals surface area (Å²) in [6.45, 7) is 3.91. The van der Waals surface area contributed by atoms with Crippen LogP contribution in [0.5, 0.6) is 0 Å². The Morgan fingerprint density at radius 3 is 2.81 bits per heavy atom. The van der Waals surface area contributed by atoms with E-state index in [4.69, 9.17) is 5.11 Å². The molecule has 0 spiro atoms. The van der Waals surface area contributed by atoms with E-state index >= 15 is 0 Å². The normalized spacial score (nSPS) is 10.2. The molecule has 94 valence electrons. The fourth-order valence-electron chi connectivity index (χ4n) is 1.33. The molecule has 4 nitrogen and oxygen atoms in total. The Morgan fingerprint density at radius 1 is 1.50 bits per heavy atom. The fraction of sp³-hybridized carbons (Fsp3) is 0.700. The SMILES string of the molecule is CCn1ncc(CNCCCCO)c1F.Cl. The highest BCUT2D eigenvalue weighted by molar-refractivity contribution is 5.85. The lowest BCUT2D eigenvalue weighted by Crippen LogP contribution is -2.15. The van der Waals surface area contributed by atoms with Crippen molar-refractivity contribution in [2.24, 2.45) is 0 Å². The van der Waals surface area contributed by atoms with Crippen LogP contribution in [0.4, 0.5) is 4.39 Å². The molecule has 16 heavy (non-hydrogen) atoms. The summed E-state index contributed by atoms with van der Waals surface area (Å²) in [4.78, 5) is 0. The minimum Gasteiger partial charge on any atom is -0.396 e. The average molecular weight is 252 g/mol. The molecule has 0 bridgehead atoms. The van der Waals surface area contributed by atoms with Gasteiger partial charge >= 0.3 is 0 Å². The zero-order valence-electron chi connectivity index (χ0n) is 9.45. The minimum absolute atomic E-state index is 0. The van der Waals surface area contributed by atoms with Crippen molar-refractivity contribution < 1.29 is 9.50 Å². The maximum absolute atomic E-state index is 13.4. The van der Waals surface area contributed by atoms with Crippen LogP contribution in [0.1, 0.15) is 25.3 Å². The molecule has 0 amide bonds. The number of aromatic nitrogens is 2. The fourth-order valence-corrected chi connectivity index (χ4v) is 1.33. The van der Waals surface area contributed by atoms with Gasteiger partial charge in [-0.1, -0.05) is 0 Å². The van der Waals surface area contributed by atoms with Gasteiger partial charge in [-0.25, -0.2) is 4.68 Å². The quantitative estimate of drug-likeness (QED) is 0.719. The predicted molar refractivity (Wildman–Crippen MR) is 63.1 cm³/mol. The van der Waals surface area contributed by atoms with Crippen molar-refractivity contribution >= 4 is 12.4 Å². The van der Waals surface area contributed by atoms with E-state index in [1.807, 2.05) is 6.92 Å². The first-order valence-electron chi connectivity index (χ1n) is 5.31. The van der Waals surface area contributed by atoms with Gasteiger partial charge in [0.25, 0.3) is 0 Å². The molecular formula is C10H19ClFN3O. The first-order valence-corrected chi connectivity index (χ1v) is 5.31. The Labute approximate surface area is 101 Å². The number of hydrogen-bond acceptors (Lipinski definition) is 3. The molecule has 0 unspecified atom stereocenters. The smallest absolute Gasteiger partial charge is 0.215 e. The highest BCUT2D eigenvalue weighted by Gasteiger charge is 2.07. The molecule has 1 aromatic heterocycles. The summed E-state index contributed by atoms with van der Waals surface area (Å²) in [7, 11) is 0. The van der Waals surface area contributed by atoms with Crippen LogP contribution in [-0.4, -0.2) is 28.0 Å². The zero-order valence-corrected chi connectivity index (χ0v) is 10.3. The molecule has 0 atom stereocenters. The summed E-state index contributed by atoms with van der Waals surface area (Å²) in [5, 5.41) is 15.6. The highest BCUT2D eigenvalue weighted by Crippen LogP contribution is 2.05. The second-order valence-electron chi connectivity index (χ2n) is 3.38. The lowest BCUT2D eigenvalue weighted by molar-refractivity contribution is 0.283. The minimum atomic E-state index is -0.257. The number of aryl methyl sites for hydroxylation is 1. The number of halogens is 2. The number of rotatable bonds is 7. The summed E-state index contributed by atoms with van der Waals surface area (Å²) < 4.78 is 14.8. The number of aliphatic hydroxyl groups excluding tert-OH is 1. The second-order valence-corrected chi connectivity index (χ2v) is 3.38. The maximum Gasteiger partial charge on any atom is 0.215 e. The summed E-state index contributed by atoms with van der Waals surface area (Å²) in [5.41, 5.74) is 0.598. The third-order valence-electron chi connectivity index (χ3n) is 2.22. The maximum atomic E-state index is 13.4. The largest absolute Gasteiger partial charge is 0.396 e. The number of nitrogens with zero attached hydrogens (tertiary/aromatic N) is 2.